The molecule has 1 fully saturated rings. The van der Waals surface area contributed by atoms with Crippen LogP contribution in [-0.4, -0.2) is 35.5 Å². The van der Waals surface area contributed by atoms with Gasteiger partial charge in [-0.1, -0.05) is 0 Å². The number of nitrogens with one attached hydrogen (secondary N) is 2. The van der Waals surface area contributed by atoms with Crippen molar-refractivity contribution in [1.29, 1.82) is 0 Å². The van der Waals surface area contributed by atoms with Crippen LogP contribution in [0.4, 0.5) is 0 Å². The number of rotatable bonds is 4. The van der Waals surface area contributed by atoms with Crippen LogP contribution in [-0.2, 0) is 16.0 Å². The van der Waals surface area contributed by atoms with Crippen molar-refractivity contribution in [3.8, 4) is 0 Å². The van der Waals surface area contributed by atoms with Gasteiger partial charge < -0.3 is 20.2 Å². The summed E-state index contributed by atoms with van der Waals surface area (Å²) in [6.07, 6.45) is 1.15. The number of carboxylic acids is 1. The van der Waals surface area contributed by atoms with Crippen LogP contribution in [0, 0.1) is 0 Å². The van der Waals surface area contributed by atoms with Gasteiger partial charge in [0, 0.05) is 13.0 Å². The minimum Gasteiger partial charge on any atom is -0.481 e. The van der Waals surface area contributed by atoms with Crippen molar-refractivity contribution in [3.63, 3.8) is 0 Å². The van der Waals surface area contributed by atoms with Crippen LogP contribution in [0.15, 0.2) is 16.7 Å². The van der Waals surface area contributed by atoms with Crippen LogP contribution >= 0.6 is 0 Å². The summed E-state index contributed by atoms with van der Waals surface area (Å²) in [5, 5.41) is 13.9. The molecule has 0 saturated carbocycles. The molecule has 96 valence electrons. The summed E-state index contributed by atoms with van der Waals surface area (Å²) in [6, 6.07) is 1.15. The van der Waals surface area contributed by atoms with Gasteiger partial charge in [-0.2, -0.15) is 0 Å². The van der Waals surface area contributed by atoms with E-state index in [1.165, 1.54) is 12.3 Å². The lowest BCUT2D eigenvalue weighted by Crippen LogP contribution is -2.36. The molecule has 1 saturated heterocycles. The van der Waals surface area contributed by atoms with Crippen LogP contribution in [0.3, 0.4) is 0 Å². The Bertz CT molecular complexity index is 493. The SMILES string of the molecule is O=C(O)Cc1occc1C(=O)NC1CNC(=O)C1. The summed E-state index contributed by atoms with van der Waals surface area (Å²) in [7, 11) is 0. The fourth-order valence-electron chi connectivity index (χ4n) is 1.79. The van der Waals surface area contributed by atoms with Crippen molar-refractivity contribution in [1.82, 2.24) is 10.6 Å². The van der Waals surface area contributed by atoms with Crippen molar-refractivity contribution >= 4 is 17.8 Å². The van der Waals surface area contributed by atoms with Gasteiger partial charge >= 0.3 is 5.97 Å². The van der Waals surface area contributed by atoms with Crippen LogP contribution in [0.5, 0.6) is 0 Å². The summed E-state index contributed by atoms with van der Waals surface area (Å²) in [5.41, 5.74) is 0.191. The number of hydrogen-bond acceptors (Lipinski definition) is 4. The third kappa shape index (κ3) is 2.68. The van der Waals surface area contributed by atoms with E-state index in [1.807, 2.05) is 0 Å². The zero-order chi connectivity index (χ0) is 13.1. The maximum Gasteiger partial charge on any atom is 0.311 e. The predicted octanol–water partition coefficient (Wildman–Crippen LogP) is -0.475. The van der Waals surface area contributed by atoms with Gasteiger partial charge in [-0.05, 0) is 6.07 Å². The molecule has 0 radical (unpaired) electrons. The zero-order valence-corrected chi connectivity index (χ0v) is 9.43. The van der Waals surface area contributed by atoms with Crippen molar-refractivity contribution in [2.45, 2.75) is 18.9 Å². The molecule has 1 aliphatic rings. The number of furan rings is 1. The molecular formula is C11H12N2O5. The molecule has 0 aliphatic carbocycles. The van der Waals surface area contributed by atoms with E-state index in [1.54, 1.807) is 0 Å². The van der Waals surface area contributed by atoms with E-state index in [0.717, 1.165) is 0 Å². The molecule has 1 atom stereocenters. The average Bonchev–Trinajstić information content (AvgIpc) is 2.87. The minimum absolute atomic E-state index is 0.109. The van der Waals surface area contributed by atoms with E-state index >= 15 is 0 Å². The summed E-state index contributed by atoms with van der Waals surface area (Å²) >= 11 is 0. The molecule has 2 amide bonds. The first-order valence-electron chi connectivity index (χ1n) is 5.42. The van der Waals surface area contributed by atoms with Crippen LogP contribution < -0.4 is 10.6 Å². The first-order chi connectivity index (χ1) is 8.56. The first-order valence-corrected chi connectivity index (χ1v) is 5.42. The fraction of sp³-hybridized carbons (Fsp3) is 0.364. The lowest BCUT2D eigenvalue weighted by Gasteiger charge is -2.09. The highest BCUT2D eigenvalue weighted by Crippen LogP contribution is 2.12. The van der Waals surface area contributed by atoms with Gasteiger partial charge in [-0.3, -0.25) is 14.4 Å². The minimum atomic E-state index is -1.07. The molecule has 0 spiro atoms. The fourth-order valence-corrected chi connectivity index (χ4v) is 1.79. The Morgan fingerprint density at radius 1 is 1.56 bits per heavy atom. The maximum atomic E-state index is 11.9. The van der Waals surface area contributed by atoms with E-state index in [-0.39, 0.29) is 36.1 Å². The molecule has 7 nitrogen and oxygen atoms in total. The Morgan fingerprint density at radius 3 is 2.94 bits per heavy atom. The third-order valence-corrected chi connectivity index (χ3v) is 2.61. The normalized spacial score (nSPS) is 18.4. The van der Waals surface area contributed by atoms with Crippen LogP contribution in [0.1, 0.15) is 22.5 Å². The van der Waals surface area contributed by atoms with E-state index < -0.39 is 11.9 Å². The number of aliphatic carboxylic acids is 1. The zero-order valence-electron chi connectivity index (χ0n) is 9.43. The average molecular weight is 252 g/mol. The smallest absolute Gasteiger partial charge is 0.311 e. The molecule has 18 heavy (non-hydrogen) atoms. The molecule has 1 unspecified atom stereocenters. The number of hydrogen-bond donors (Lipinski definition) is 3. The van der Waals surface area contributed by atoms with Crippen LogP contribution in [0.2, 0.25) is 0 Å². The molecule has 1 aromatic heterocycles. The quantitative estimate of drug-likeness (QED) is 0.671. The van der Waals surface area contributed by atoms with E-state index in [0.29, 0.717) is 6.54 Å². The lowest BCUT2D eigenvalue weighted by molar-refractivity contribution is -0.136. The van der Waals surface area contributed by atoms with Crippen molar-refractivity contribution in [3.05, 3.63) is 23.7 Å². The van der Waals surface area contributed by atoms with Crippen molar-refractivity contribution < 1.29 is 23.9 Å². The van der Waals surface area contributed by atoms with E-state index in [4.69, 9.17) is 9.52 Å². The van der Waals surface area contributed by atoms with E-state index in [9.17, 15) is 14.4 Å². The highest BCUT2D eigenvalue weighted by atomic mass is 16.4. The van der Waals surface area contributed by atoms with Crippen molar-refractivity contribution in [2.24, 2.45) is 0 Å². The number of carbonyl (C=O) groups excluding carboxylic acids is 2. The predicted molar refractivity (Wildman–Crippen MR) is 58.9 cm³/mol. The number of carbonyl (C=O) groups is 3. The summed E-state index contributed by atoms with van der Waals surface area (Å²) < 4.78 is 4.96. The van der Waals surface area contributed by atoms with E-state index in [2.05, 4.69) is 10.6 Å². The van der Waals surface area contributed by atoms with Gasteiger partial charge in [0.25, 0.3) is 5.91 Å². The van der Waals surface area contributed by atoms with Gasteiger partial charge in [0.15, 0.2) is 0 Å². The molecule has 0 aromatic carbocycles. The highest BCUT2D eigenvalue weighted by Gasteiger charge is 2.25. The molecule has 7 heteroatoms. The highest BCUT2D eigenvalue weighted by molar-refractivity contribution is 5.96. The van der Waals surface area contributed by atoms with Crippen LogP contribution in [0.25, 0.3) is 0 Å². The second-order valence-electron chi connectivity index (χ2n) is 4.01. The molecule has 3 N–H and O–H groups in total. The molecule has 2 heterocycles. The van der Waals surface area contributed by atoms with Crippen molar-refractivity contribution in [2.75, 3.05) is 6.54 Å². The summed E-state index contributed by atoms with van der Waals surface area (Å²) in [4.78, 5) is 33.4. The van der Waals surface area contributed by atoms with Gasteiger partial charge in [0.2, 0.25) is 5.91 Å². The van der Waals surface area contributed by atoms with Gasteiger partial charge in [-0.15, -0.1) is 0 Å². The second-order valence-corrected chi connectivity index (χ2v) is 4.01. The lowest BCUT2D eigenvalue weighted by atomic mass is 10.1. The molecule has 1 aromatic rings. The Balaban J connectivity index is 2.02. The second kappa shape index (κ2) is 4.91. The standard InChI is InChI=1S/C11H12N2O5/c14-9-3-6(5-12-9)13-11(17)7-1-2-18-8(7)4-10(15)16/h1-2,6H,3-5H2,(H,12,14)(H,13,17)(H,15,16). The molecule has 2 rings (SSSR count). The maximum absolute atomic E-state index is 11.9. The number of amides is 2. The summed E-state index contributed by atoms with van der Waals surface area (Å²) in [6.45, 7) is 0.386. The topological polar surface area (TPSA) is 109 Å². The third-order valence-electron chi connectivity index (χ3n) is 2.61. The Kier molecular flexibility index (Phi) is 3.31. The number of carboxylic acid groups (broad SMARTS) is 1. The molecule has 1 aliphatic heterocycles. The monoisotopic (exact) mass is 252 g/mol. The Morgan fingerprint density at radius 2 is 2.33 bits per heavy atom. The van der Waals surface area contributed by atoms with Gasteiger partial charge in [0.1, 0.15) is 12.2 Å². The molecular weight excluding hydrogens is 240 g/mol. The Labute approximate surface area is 102 Å². The van der Waals surface area contributed by atoms with Gasteiger partial charge in [-0.25, -0.2) is 0 Å². The molecule has 0 bridgehead atoms. The summed E-state index contributed by atoms with van der Waals surface area (Å²) in [5.74, 6) is -1.51. The largest absolute Gasteiger partial charge is 0.481 e. The Hall–Kier alpha value is -2.31. The first kappa shape index (κ1) is 12.2. The van der Waals surface area contributed by atoms with Gasteiger partial charge in [0.05, 0.1) is 17.9 Å².